The van der Waals surface area contributed by atoms with E-state index in [1.165, 1.54) is 12.7 Å². The summed E-state index contributed by atoms with van der Waals surface area (Å²) in [6.45, 7) is 5.43. The van der Waals surface area contributed by atoms with Gasteiger partial charge in [-0.25, -0.2) is 0 Å². The second-order valence-corrected chi connectivity index (χ2v) is 6.41. The van der Waals surface area contributed by atoms with Gasteiger partial charge in [0.25, 0.3) is 0 Å². The Morgan fingerprint density at radius 1 is 1.16 bits per heavy atom. The van der Waals surface area contributed by atoms with Crippen LogP contribution in [0.1, 0.15) is 18.4 Å². The first-order chi connectivity index (χ1) is 12.1. The third kappa shape index (κ3) is 6.51. The van der Waals surface area contributed by atoms with Crippen LogP contribution in [0.15, 0.2) is 24.3 Å². The highest BCUT2D eigenvalue weighted by Crippen LogP contribution is 2.14. The third-order valence-electron chi connectivity index (χ3n) is 4.29. The molecule has 0 aromatic heterocycles. The van der Waals surface area contributed by atoms with Crippen molar-refractivity contribution in [3.63, 3.8) is 0 Å². The maximum absolute atomic E-state index is 11.1. The lowest BCUT2D eigenvalue weighted by Crippen LogP contribution is -2.51. The highest BCUT2D eigenvalue weighted by atomic mass is 32.1. The van der Waals surface area contributed by atoms with Gasteiger partial charge < -0.3 is 19.7 Å². The SMILES string of the molecule is COC(=O)CCCNC(=S)N1CCN(Cc2ccc(OC)cc2)CC1. The van der Waals surface area contributed by atoms with Crippen LogP contribution in [0.4, 0.5) is 0 Å². The molecule has 7 heteroatoms. The molecule has 0 saturated carbocycles. The maximum Gasteiger partial charge on any atom is 0.305 e. The van der Waals surface area contributed by atoms with E-state index in [0.717, 1.165) is 50.0 Å². The first-order valence-corrected chi connectivity index (χ1v) is 8.98. The molecule has 0 radical (unpaired) electrons. The standard InChI is InChI=1S/C18H27N3O3S/c1-23-16-7-5-15(6-8-16)14-20-10-12-21(13-11-20)18(25)19-9-3-4-17(22)24-2/h5-8H,3-4,9-14H2,1-2H3,(H,19,25). The first kappa shape index (κ1) is 19.5. The minimum Gasteiger partial charge on any atom is -0.497 e. The van der Waals surface area contributed by atoms with Gasteiger partial charge in [-0.2, -0.15) is 0 Å². The number of ether oxygens (including phenoxy) is 2. The van der Waals surface area contributed by atoms with Gasteiger partial charge in [0.2, 0.25) is 0 Å². The van der Waals surface area contributed by atoms with Crippen LogP contribution >= 0.6 is 12.2 Å². The van der Waals surface area contributed by atoms with Crippen molar-refractivity contribution in [3.8, 4) is 5.75 Å². The van der Waals surface area contributed by atoms with Crippen LogP contribution in [0.25, 0.3) is 0 Å². The van der Waals surface area contributed by atoms with E-state index >= 15 is 0 Å². The number of piperazine rings is 1. The zero-order valence-corrected chi connectivity index (χ0v) is 15.8. The fraction of sp³-hybridized carbons (Fsp3) is 0.556. The Morgan fingerprint density at radius 3 is 2.44 bits per heavy atom. The van der Waals surface area contributed by atoms with E-state index in [9.17, 15) is 4.79 Å². The Balaban J connectivity index is 1.66. The van der Waals surface area contributed by atoms with Crippen LogP contribution in [0.3, 0.4) is 0 Å². The monoisotopic (exact) mass is 365 g/mol. The molecule has 0 amide bonds. The summed E-state index contributed by atoms with van der Waals surface area (Å²) >= 11 is 5.44. The Kier molecular flexibility index (Phi) is 7.94. The number of methoxy groups -OCH3 is 2. The van der Waals surface area contributed by atoms with E-state index in [-0.39, 0.29) is 5.97 Å². The number of hydrogen-bond acceptors (Lipinski definition) is 5. The van der Waals surface area contributed by atoms with E-state index in [1.54, 1.807) is 7.11 Å². The lowest BCUT2D eigenvalue weighted by molar-refractivity contribution is -0.140. The van der Waals surface area contributed by atoms with Gasteiger partial charge in [-0.1, -0.05) is 12.1 Å². The van der Waals surface area contributed by atoms with Gasteiger partial charge in [-0.05, 0) is 36.3 Å². The molecule has 6 nitrogen and oxygen atoms in total. The molecule has 1 aromatic carbocycles. The molecule has 1 aliphatic heterocycles. The number of esters is 1. The second-order valence-electron chi connectivity index (χ2n) is 6.02. The number of nitrogens with one attached hydrogen (secondary N) is 1. The van der Waals surface area contributed by atoms with E-state index in [2.05, 4.69) is 32.0 Å². The molecule has 0 bridgehead atoms. The van der Waals surface area contributed by atoms with Crippen molar-refractivity contribution in [2.45, 2.75) is 19.4 Å². The molecule has 1 N–H and O–H groups in total. The minimum absolute atomic E-state index is 0.181. The van der Waals surface area contributed by atoms with Crippen molar-refractivity contribution in [2.75, 3.05) is 46.9 Å². The molecule has 0 aliphatic carbocycles. The van der Waals surface area contributed by atoms with Crippen molar-refractivity contribution >= 4 is 23.3 Å². The number of hydrogen-bond donors (Lipinski definition) is 1. The third-order valence-corrected chi connectivity index (χ3v) is 4.69. The summed E-state index contributed by atoms with van der Waals surface area (Å²) in [5, 5.41) is 4.00. The molecule has 2 rings (SSSR count). The number of carbonyl (C=O) groups excluding carboxylic acids is 1. The Labute approximate surface area is 155 Å². The lowest BCUT2D eigenvalue weighted by atomic mass is 10.2. The zero-order valence-electron chi connectivity index (χ0n) is 15.0. The number of benzene rings is 1. The zero-order chi connectivity index (χ0) is 18.1. The molecular formula is C18H27N3O3S. The van der Waals surface area contributed by atoms with Crippen molar-refractivity contribution in [2.24, 2.45) is 0 Å². The van der Waals surface area contributed by atoms with Gasteiger partial charge in [-0.15, -0.1) is 0 Å². The van der Waals surface area contributed by atoms with E-state index in [1.807, 2.05) is 12.1 Å². The number of carbonyl (C=O) groups is 1. The predicted molar refractivity (Wildman–Crippen MR) is 102 cm³/mol. The van der Waals surface area contributed by atoms with Gasteiger partial charge in [0.1, 0.15) is 5.75 Å². The average Bonchev–Trinajstić information content (AvgIpc) is 2.66. The summed E-state index contributed by atoms with van der Waals surface area (Å²) in [6, 6.07) is 8.22. The quantitative estimate of drug-likeness (QED) is 0.448. The van der Waals surface area contributed by atoms with Gasteiger partial charge in [0.15, 0.2) is 5.11 Å². The molecule has 25 heavy (non-hydrogen) atoms. The molecule has 1 aliphatic rings. The fourth-order valence-electron chi connectivity index (χ4n) is 2.74. The summed E-state index contributed by atoms with van der Waals surface area (Å²) in [5.41, 5.74) is 1.29. The van der Waals surface area contributed by atoms with Crippen molar-refractivity contribution in [1.82, 2.24) is 15.1 Å². The molecule has 0 unspecified atom stereocenters. The van der Waals surface area contributed by atoms with Gasteiger partial charge >= 0.3 is 5.97 Å². The molecule has 1 fully saturated rings. The van der Waals surface area contributed by atoms with Crippen LogP contribution in [0.2, 0.25) is 0 Å². The Morgan fingerprint density at radius 2 is 1.84 bits per heavy atom. The summed E-state index contributed by atoms with van der Waals surface area (Å²) in [5.74, 6) is 0.706. The molecule has 0 spiro atoms. The van der Waals surface area contributed by atoms with Crippen LogP contribution < -0.4 is 10.1 Å². The number of rotatable bonds is 7. The highest BCUT2D eigenvalue weighted by Gasteiger charge is 2.18. The second kappa shape index (κ2) is 10.2. The smallest absolute Gasteiger partial charge is 0.305 e. The van der Waals surface area contributed by atoms with Crippen LogP contribution in [0.5, 0.6) is 5.75 Å². The van der Waals surface area contributed by atoms with Crippen LogP contribution in [0, 0.1) is 0 Å². The van der Waals surface area contributed by atoms with Crippen LogP contribution in [-0.4, -0.2) is 67.8 Å². The van der Waals surface area contributed by atoms with Gasteiger partial charge in [0.05, 0.1) is 14.2 Å². The van der Waals surface area contributed by atoms with E-state index in [4.69, 9.17) is 17.0 Å². The first-order valence-electron chi connectivity index (χ1n) is 8.57. The van der Waals surface area contributed by atoms with Gasteiger partial charge in [0, 0.05) is 45.7 Å². The Hall–Kier alpha value is -1.86. The fourth-order valence-corrected chi connectivity index (χ4v) is 3.02. The van der Waals surface area contributed by atoms with Gasteiger partial charge in [-0.3, -0.25) is 9.69 Å². The molecular weight excluding hydrogens is 338 g/mol. The van der Waals surface area contributed by atoms with E-state index < -0.39 is 0 Å². The van der Waals surface area contributed by atoms with Crippen molar-refractivity contribution < 1.29 is 14.3 Å². The highest BCUT2D eigenvalue weighted by molar-refractivity contribution is 7.80. The predicted octanol–water partition coefficient (Wildman–Crippen LogP) is 1.64. The molecule has 138 valence electrons. The molecule has 0 atom stereocenters. The normalized spacial score (nSPS) is 14.9. The largest absolute Gasteiger partial charge is 0.497 e. The summed E-state index contributed by atoms with van der Waals surface area (Å²) in [6.07, 6.45) is 1.14. The van der Waals surface area contributed by atoms with Crippen LogP contribution in [-0.2, 0) is 16.1 Å². The minimum atomic E-state index is -0.181. The Bertz CT molecular complexity index is 557. The van der Waals surface area contributed by atoms with E-state index in [0.29, 0.717) is 13.0 Å². The molecule has 1 aromatic rings. The lowest BCUT2D eigenvalue weighted by Gasteiger charge is -2.36. The average molecular weight is 365 g/mol. The van der Waals surface area contributed by atoms with Crippen molar-refractivity contribution in [1.29, 1.82) is 0 Å². The van der Waals surface area contributed by atoms with Crippen molar-refractivity contribution in [3.05, 3.63) is 29.8 Å². The topological polar surface area (TPSA) is 54.0 Å². The molecule has 1 heterocycles. The number of thiocarbonyl (C=S) groups is 1. The summed E-state index contributed by atoms with van der Waals surface area (Å²) in [4.78, 5) is 15.7. The summed E-state index contributed by atoms with van der Waals surface area (Å²) in [7, 11) is 3.09. The summed E-state index contributed by atoms with van der Waals surface area (Å²) < 4.78 is 9.82. The number of nitrogens with zero attached hydrogens (tertiary/aromatic N) is 2. The maximum atomic E-state index is 11.1. The molecule has 1 saturated heterocycles.